The van der Waals surface area contributed by atoms with E-state index in [1.165, 1.54) is 32.1 Å². The molecule has 0 aromatic heterocycles. The zero-order valence-electron chi connectivity index (χ0n) is 13.9. The van der Waals surface area contributed by atoms with Crippen molar-refractivity contribution >= 4 is 7.12 Å². The zero-order valence-corrected chi connectivity index (χ0v) is 13.9. The molecule has 20 heavy (non-hydrogen) atoms. The lowest BCUT2D eigenvalue weighted by Gasteiger charge is -2.32. The van der Waals surface area contributed by atoms with E-state index in [0.29, 0.717) is 0 Å². The molecule has 0 unspecified atom stereocenters. The molecule has 1 rings (SSSR count). The van der Waals surface area contributed by atoms with Crippen molar-refractivity contribution in [1.29, 1.82) is 0 Å². The highest BCUT2D eigenvalue weighted by molar-refractivity contribution is 6.46. The highest BCUT2D eigenvalue weighted by Gasteiger charge is 2.50. The molecule has 1 fully saturated rings. The quantitative estimate of drug-likeness (QED) is 0.347. The number of allylic oxidation sites excluding steroid dienone is 4. The van der Waals surface area contributed by atoms with E-state index in [4.69, 9.17) is 9.31 Å². The minimum atomic E-state index is -0.222. The standard InChI is InChI=1S/C17H31BO2/c1-6-7-8-9-10-11-12-13-14-15-18-19-16(2,3)17(4,5)20-18/h11-14H,6-10,15H2,1-5H3/b12-11+,14-13-. The summed E-state index contributed by atoms with van der Waals surface area (Å²) in [4.78, 5) is 0. The first kappa shape index (κ1) is 17.5. The van der Waals surface area contributed by atoms with Crippen LogP contribution in [0.1, 0.15) is 66.7 Å². The Hall–Kier alpha value is -0.535. The molecular formula is C17H31BO2. The van der Waals surface area contributed by atoms with Crippen LogP contribution in [-0.2, 0) is 9.31 Å². The van der Waals surface area contributed by atoms with Gasteiger partial charge >= 0.3 is 7.12 Å². The average molecular weight is 278 g/mol. The lowest BCUT2D eigenvalue weighted by molar-refractivity contribution is 0.00578. The predicted octanol–water partition coefficient (Wildman–Crippen LogP) is 5.16. The third kappa shape index (κ3) is 5.45. The summed E-state index contributed by atoms with van der Waals surface area (Å²) in [7, 11) is -0.116. The summed E-state index contributed by atoms with van der Waals surface area (Å²) in [6, 6.07) is 0. The van der Waals surface area contributed by atoms with Crippen LogP contribution in [0.5, 0.6) is 0 Å². The molecule has 1 saturated heterocycles. The number of hydrogen-bond acceptors (Lipinski definition) is 2. The van der Waals surface area contributed by atoms with Crippen molar-refractivity contribution in [3.63, 3.8) is 0 Å². The molecule has 0 saturated carbocycles. The van der Waals surface area contributed by atoms with Crippen LogP contribution in [0.25, 0.3) is 0 Å². The van der Waals surface area contributed by atoms with Gasteiger partial charge in [0.25, 0.3) is 0 Å². The molecule has 2 nitrogen and oxygen atoms in total. The SMILES string of the molecule is CCCCCC/C=C/C=C\CB1OC(C)(C)C(C)(C)O1. The van der Waals surface area contributed by atoms with Crippen molar-refractivity contribution in [2.75, 3.05) is 0 Å². The minimum absolute atomic E-state index is 0.116. The van der Waals surface area contributed by atoms with Crippen molar-refractivity contribution in [3.05, 3.63) is 24.3 Å². The highest BCUT2D eigenvalue weighted by Crippen LogP contribution is 2.37. The molecule has 0 bridgehead atoms. The van der Waals surface area contributed by atoms with E-state index in [2.05, 4.69) is 58.9 Å². The van der Waals surface area contributed by atoms with Gasteiger partial charge in [0.15, 0.2) is 0 Å². The summed E-state index contributed by atoms with van der Waals surface area (Å²) in [5.74, 6) is 0. The van der Waals surface area contributed by atoms with Gasteiger partial charge in [-0.3, -0.25) is 0 Å². The molecule has 1 aliphatic rings. The molecule has 0 aromatic rings. The second-order valence-electron chi connectivity index (χ2n) is 6.63. The maximum Gasteiger partial charge on any atom is 0.461 e. The molecule has 1 aliphatic heterocycles. The fourth-order valence-corrected chi connectivity index (χ4v) is 2.19. The first-order valence-electron chi connectivity index (χ1n) is 8.06. The second-order valence-corrected chi connectivity index (χ2v) is 6.63. The summed E-state index contributed by atoms with van der Waals surface area (Å²) in [6.45, 7) is 10.6. The fraction of sp³-hybridized carbons (Fsp3) is 0.765. The van der Waals surface area contributed by atoms with Gasteiger partial charge in [-0.1, -0.05) is 50.5 Å². The van der Waals surface area contributed by atoms with Gasteiger partial charge in [-0.15, -0.1) is 0 Å². The predicted molar refractivity (Wildman–Crippen MR) is 87.9 cm³/mol. The smallest absolute Gasteiger partial charge is 0.403 e. The molecule has 0 spiro atoms. The van der Waals surface area contributed by atoms with Crippen LogP contribution in [0.2, 0.25) is 6.32 Å². The average Bonchev–Trinajstić information content (AvgIpc) is 2.56. The Kier molecular flexibility index (Phi) is 7.04. The Morgan fingerprint density at radius 2 is 1.45 bits per heavy atom. The topological polar surface area (TPSA) is 18.5 Å². The molecule has 0 aromatic carbocycles. The van der Waals surface area contributed by atoms with Crippen LogP contribution in [0, 0.1) is 0 Å². The van der Waals surface area contributed by atoms with E-state index in [-0.39, 0.29) is 18.3 Å². The Morgan fingerprint density at radius 3 is 2.05 bits per heavy atom. The van der Waals surface area contributed by atoms with E-state index in [0.717, 1.165) is 6.32 Å². The molecule has 0 N–H and O–H groups in total. The largest absolute Gasteiger partial charge is 0.461 e. The molecule has 114 valence electrons. The van der Waals surface area contributed by atoms with Crippen LogP contribution in [0.4, 0.5) is 0 Å². The first-order valence-corrected chi connectivity index (χ1v) is 8.06. The molecule has 0 radical (unpaired) electrons. The van der Waals surface area contributed by atoms with Gasteiger partial charge in [0.05, 0.1) is 11.2 Å². The summed E-state index contributed by atoms with van der Waals surface area (Å²) in [6.07, 6.45) is 15.9. The lowest BCUT2D eigenvalue weighted by Crippen LogP contribution is -2.41. The summed E-state index contributed by atoms with van der Waals surface area (Å²) in [5.41, 5.74) is -0.443. The maximum atomic E-state index is 5.94. The van der Waals surface area contributed by atoms with Gasteiger partial charge in [0.1, 0.15) is 0 Å². The highest BCUT2D eigenvalue weighted by atomic mass is 16.7. The first-order chi connectivity index (χ1) is 9.39. The Bertz CT molecular complexity index is 316. The fourth-order valence-electron chi connectivity index (χ4n) is 2.19. The zero-order chi connectivity index (χ0) is 15.1. The molecule has 0 atom stereocenters. The van der Waals surface area contributed by atoms with E-state index >= 15 is 0 Å². The van der Waals surface area contributed by atoms with Crippen LogP contribution in [0.3, 0.4) is 0 Å². The normalized spacial score (nSPS) is 21.4. The van der Waals surface area contributed by atoms with Crippen molar-refractivity contribution < 1.29 is 9.31 Å². The Morgan fingerprint density at radius 1 is 0.850 bits per heavy atom. The maximum absolute atomic E-state index is 5.94. The second kappa shape index (κ2) is 8.04. The summed E-state index contributed by atoms with van der Waals surface area (Å²) in [5, 5.41) is 0. The molecule has 0 aliphatic carbocycles. The van der Waals surface area contributed by atoms with Crippen LogP contribution in [-0.4, -0.2) is 18.3 Å². The van der Waals surface area contributed by atoms with Crippen molar-refractivity contribution in [3.8, 4) is 0 Å². The van der Waals surface area contributed by atoms with Gasteiger partial charge < -0.3 is 9.31 Å². The molecule has 1 heterocycles. The minimum Gasteiger partial charge on any atom is -0.403 e. The lowest BCUT2D eigenvalue weighted by atomic mass is 9.85. The van der Waals surface area contributed by atoms with Gasteiger partial charge in [-0.2, -0.15) is 0 Å². The van der Waals surface area contributed by atoms with Crippen molar-refractivity contribution in [2.45, 2.75) is 84.2 Å². The van der Waals surface area contributed by atoms with E-state index in [9.17, 15) is 0 Å². The Labute approximate surface area is 125 Å². The van der Waals surface area contributed by atoms with Crippen LogP contribution < -0.4 is 0 Å². The van der Waals surface area contributed by atoms with Crippen LogP contribution in [0.15, 0.2) is 24.3 Å². The molecule has 0 amide bonds. The number of unbranched alkanes of at least 4 members (excludes halogenated alkanes) is 4. The summed E-state index contributed by atoms with van der Waals surface area (Å²) >= 11 is 0. The van der Waals surface area contributed by atoms with Crippen LogP contribution >= 0.6 is 0 Å². The van der Waals surface area contributed by atoms with Crippen molar-refractivity contribution in [2.24, 2.45) is 0 Å². The monoisotopic (exact) mass is 278 g/mol. The van der Waals surface area contributed by atoms with E-state index in [1.54, 1.807) is 0 Å². The summed E-state index contributed by atoms with van der Waals surface area (Å²) < 4.78 is 11.9. The number of hydrogen-bond donors (Lipinski definition) is 0. The van der Waals surface area contributed by atoms with Gasteiger partial charge in [0.2, 0.25) is 0 Å². The van der Waals surface area contributed by atoms with Gasteiger partial charge in [0, 0.05) is 6.32 Å². The van der Waals surface area contributed by atoms with Gasteiger partial charge in [-0.05, 0) is 40.5 Å². The third-order valence-corrected chi connectivity index (χ3v) is 4.24. The Balaban J connectivity index is 2.18. The number of rotatable bonds is 8. The van der Waals surface area contributed by atoms with Gasteiger partial charge in [-0.25, -0.2) is 0 Å². The molecule has 3 heteroatoms. The van der Waals surface area contributed by atoms with E-state index in [1.807, 2.05) is 0 Å². The molecular weight excluding hydrogens is 247 g/mol. The van der Waals surface area contributed by atoms with E-state index < -0.39 is 0 Å². The van der Waals surface area contributed by atoms with Crippen molar-refractivity contribution in [1.82, 2.24) is 0 Å². The third-order valence-electron chi connectivity index (χ3n) is 4.24.